The number of carbonyl (C=O) groups excluding carboxylic acids is 1. The summed E-state index contributed by atoms with van der Waals surface area (Å²) in [5.41, 5.74) is 0.784. The molecule has 1 fully saturated rings. The first-order valence-corrected chi connectivity index (χ1v) is 5.65. The number of piperidine rings is 1. The SMILES string of the molecule is CN1CCC(C(=O)Nc2cccnc2)CC1. The van der Waals surface area contributed by atoms with Crippen LogP contribution >= 0.6 is 0 Å². The molecule has 0 aromatic carbocycles. The number of nitrogens with zero attached hydrogens (tertiary/aromatic N) is 2. The minimum atomic E-state index is 0.126. The molecule has 0 aliphatic carbocycles. The van der Waals surface area contributed by atoms with Gasteiger partial charge < -0.3 is 10.2 Å². The predicted molar refractivity (Wildman–Crippen MR) is 63.1 cm³/mol. The first-order valence-electron chi connectivity index (χ1n) is 5.65. The summed E-state index contributed by atoms with van der Waals surface area (Å²) in [5, 5.41) is 2.91. The second-order valence-corrected chi connectivity index (χ2v) is 4.31. The number of likely N-dealkylation sites (tertiary alicyclic amines) is 1. The molecule has 4 heteroatoms. The Kier molecular flexibility index (Phi) is 3.51. The Hall–Kier alpha value is -1.42. The quantitative estimate of drug-likeness (QED) is 0.817. The molecular weight excluding hydrogens is 202 g/mol. The van der Waals surface area contributed by atoms with E-state index in [1.54, 1.807) is 12.4 Å². The lowest BCUT2D eigenvalue weighted by Gasteiger charge is -2.27. The summed E-state index contributed by atoms with van der Waals surface area (Å²) in [4.78, 5) is 18.1. The van der Waals surface area contributed by atoms with E-state index in [9.17, 15) is 4.79 Å². The molecule has 1 N–H and O–H groups in total. The lowest BCUT2D eigenvalue weighted by atomic mass is 9.96. The van der Waals surface area contributed by atoms with Gasteiger partial charge in [0.05, 0.1) is 11.9 Å². The molecule has 0 radical (unpaired) electrons. The van der Waals surface area contributed by atoms with Gasteiger partial charge in [-0.1, -0.05) is 0 Å². The zero-order valence-electron chi connectivity index (χ0n) is 9.52. The van der Waals surface area contributed by atoms with Crippen molar-refractivity contribution in [2.75, 3.05) is 25.5 Å². The largest absolute Gasteiger partial charge is 0.324 e. The monoisotopic (exact) mass is 219 g/mol. The summed E-state index contributed by atoms with van der Waals surface area (Å²) in [6.45, 7) is 2.01. The first kappa shape index (κ1) is 11.1. The van der Waals surface area contributed by atoms with E-state index >= 15 is 0 Å². The molecule has 0 saturated carbocycles. The molecule has 4 nitrogen and oxygen atoms in total. The summed E-state index contributed by atoms with van der Waals surface area (Å²) in [6.07, 6.45) is 5.27. The maximum Gasteiger partial charge on any atom is 0.227 e. The molecule has 2 heterocycles. The molecular formula is C12H17N3O. The number of carbonyl (C=O) groups is 1. The van der Waals surface area contributed by atoms with Gasteiger partial charge in [0.1, 0.15) is 0 Å². The molecule has 0 spiro atoms. The maximum atomic E-state index is 11.9. The molecule has 1 aliphatic heterocycles. The van der Waals surface area contributed by atoms with Crippen molar-refractivity contribution in [2.45, 2.75) is 12.8 Å². The van der Waals surface area contributed by atoms with E-state index in [2.05, 4.69) is 22.2 Å². The normalized spacial score (nSPS) is 18.3. The van der Waals surface area contributed by atoms with Crippen LogP contribution in [0, 0.1) is 5.92 Å². The lowest BCUT2D eigenvalue weighted by molar-refractivity contribution is -0.121. The Morgan fingerprint density at radius 2 is 2.25 bits per heavy atom. The van der Waals surface area contributed by atoms with Gasteiger partial charge in [-0.25, -0.2) is 0 Å². The summed E-state index contributed by atoms with van der Waals surface area (Å²) >= 11 is 0. The van der Waals surface area contributed by atoms with Crippen molar-refractivity contribution >= 4 is 11.6 Å². The minimum Gasteiger partial charge on any atom is -0.324 e. The number of aromatic nitrogens is 1. The third-order valence-electron chi connectivity index (χ3n) is 3.02. The fourth-order valence-electron chi connectivity index (χ4n) is 1.95. The number of amides is 1. The molecule has 16 heavy (non-hydrogen) atoms. The van der Waals surface area contributed by atoms with E-state index in [1.165, 1.54) is 0 Å². The highest BCUT2D eigenvalue weighted by molar-refractivity contribution is 5.92. The van der Waals surface area contributed by atoms with Gasteiger partial charge in [-0.3, -0.25) is 9.78 Å². The van der Waals surface area contributed by atoms with Gasteiger partial charge >= 0.3 is 0 Å². The zero-order chi connectivity index (χ0) is 11.4. The molecule has 1 amide bonds. The number of anilines is 1. The van der Waals surface area contributed by atoms with Crippen molar-refractivity contribution in [3.8, 4) is 0 Å². The van der Waals surface area contributed by atoms with Gasteiger partial charge in [0.2, 0.25) is 5.91 Å². The van der Waals surface area contributed by atoms with Crippen molar-refractivity contribution in [2.24, 2.45) is 5.92 Å². The molecule has 0 unspecified atom stereocenters. The molecule has 1 aliphatic rings. The highest BCUT2D eigenvalue weighted by atomic mass is 16.1. The Balaban J connectivity index is 1.89. The van der Waals surface area contributed by atoms with Crippen LogP contribution in [0.15, 0.2) is 24.5 Å². The molecule has 1 saturated heterocycles. The Morgan fingerprint density at radius 1 is 1.50 bits per heavy atom. The van der Waals surface area contributed by atoms with E-state index in [4.69, 9.17) is 0 Å². The topological polar surface area (TPSA) is 45.2 Å². The van der Waals surface area contributed by atoms with E-state index in [-0.39, 0.29) is 11.8 Å². The Labute approximate surface area is 95.7 Å². The van der Waals surface area contributed by atoms with Gasteiger partial charge in [-0.15, -0.1) is 0 Å². The van der Waals surface area contributed by atoms with E-state index in [0.717, 1.165) is 31.6 Å². The highest BCUT2D eigenvalue weighted by Gasteiger charge is 2.23. The van der Waals surface area contributed by atoms with Gasteiger partial charge in [0.15, 0.2) is 0 Å². The van der Waals surface area contributed by atoms with Crippen LogP contribution in [-0.4, -0.2) is 35.9 Å². The number of rotatable bonds is 2. The maximum absolute atomic E-state index is 11.9. The Bertz CT molecular complexity index is 345. The number of hydrogen-bond acceptors (Lipinski definition) is 3. The zero-order valence-corrected chi connectivity index (χ0v) is 9.52. The number of pyridine rings is 1. The van der Waals surface area contributed by atoms with Crippen LogP contribution in [0.3, 0.4) is 0 Å². The van der Waals surface area contributed by atoms with Crippen LogP contribution in [0.5, 0.6) is 0 Å². The third kappa shape index (κ3) is 2.79. The number of hydrogen-bond donors (Lipinski definition) is 1. The minimum absolute atomic E-state index is 0.126. The lowest BCUT2D eigenvalue weighted by Crippen LogP contribution is -2.35. The van der Waals surface area contributed by atoms with E-state index in [0.29, 0.717) is 0 Å². The van der Waals surface area contributed by atoms with Crippen molar-refractivity contribution in [1.82, 2.24) is 9.88 Å². The molecule has 86 valence electrons. The second-order valence-electron chi connectivity index (χ2n) is 4.31. The fourth-order valence-corrected chi connectivity index (χ4v) is 1.95. The fraction of sp³-hybridized carbons (Fsp3) is 0.500. The second kappa shape index (κ2) is 5.07. The van der Waals surface area contributed by atoms with Crippen LogP contribution in [-0.2, 0) is 4.79 Å². The average molecular weight is 219 g/mol. The van der Waals surface area contributed by atoms with Crippen LogP contribution in [0.4, 0.5) is 5.69 Å². The molecule has 0 atom stereocenters. The van der Waals surface area contributed by atoms with Gasteiger partial charge in [-0.05, 0) is 45.1 Å². The van der Waals surface area contributed by atoms with Crippen molar-refractivity contribution in [1.29, 1.82) is 0 Å². The average Bonchev–Trinajstić information content (AvgIpc) is 2.31. The van der Waals surface area contributed by atoms with Crippen molar-refractivity contribution < 1.29 is 4.79 Å². The highest BCUT2D eigenvalue weighted by Crippen LogP contribution is 2.17. The molecule has 1 aromatic rings. The number of nitrogens with one attached hydrogen (secondary N) is 1. The standard InChI is InChI=1S/C12H17N3O/c1-15-7-4-10(5-8-15)12(16)14-11-3-2-6-13-9-11/h2-3,6,9-10H,4-5,7-8H2,1H3,(H,14,16). The van der Waals surface area contributed by atoms with Crippen LogP contribution in [0.1, 0.15) is 12.8 Å². The van der Waals surface area contributed by atoms with Gasteiger partial charge in [-0.2, -0.15) is 0 Å². The summed E-state index contributed by atoms with van der Waals surface area (Å²) in [6, 6.07) is 3.68. The predicted octanol–water partition coefficient (Wildman–Crippen LogP) is 1.36. The van der Waals surface area contributed by atoms with E-state index in [1.807, 2.05) is 12.1 Å². The molecule has 0 bridgehead atoms. The summed E-state index contributed by atoms with van der Waals surface area (Å²) in [7, 11) is 2.09. The van der Waals surface area contributed by atoms with Crippen LogP contribution in [0.25, 0.3) is 0 Å². The van der Waals surface area contributed by atoms with Crippen molar-refractivity contribution in [3.05, 3.63) is 24.5 Å². The molecule has 1 aromatic heterocycles. The summed E-state index contributed by atoms with van der Waals surface area (Å²) in [5.74, 6) is 0.275. The Morgan fingerprint density at radius 3 is 2.88 bits per heavy atom. The summed E-state index contributed by atoms with van der Waals surface area (Å²) < 4.78 is 0. The smallest absolute Gasteiger partial charge is 0.227 e. The molecule has 2 rings (SSSR count). The third-order valence-corrected chi connectivity index (χ3v) is 3.02. The van der Waals surface area contributed by atoms with Gasteiger partial charge in [0.25, 0.3) is 0 Å². The van der Waals surface area contributed by atoms with Crippen LogP contribution in [0.2, 0.25) is 0 Å². The van der Waals surface area contributed by atoms with Crippen molar-refractivity contribution in [3.63, 3.8) is 0 Å². The van der Waals surface area contributed by atoms with E-state index < -0.39 is 0 Å². The first-order chi connectivity index (χ1) is 7.75. The van der Waals surface area contributed by atoms with Crippen LogP contribution < -0.4 is 5.32 Å². The van der Waals surface area contributed by atoms with Gasteiger partial charge in [0, 0.05) is 12.1 Å².